The molecule has 0 aliphatic rings. The first-order valence-electron chi connectivity index (χ1n) is 7.32. The molecule has 0 saturated heterocycles. The maximum atomic E-state index is 3.67. The van der Waals surface area contributed by atoms with E-state index in [1.807, 2.05) is 34.6 Å². The monoisotopic (exact) mass is 258 g/mol. The van der Waals surface area contributed by atoms with E-state index in [2.05, 4.69) is 62.0 Å². The van der Waals surface area contributed by atoms with Crippen LogP contribution in [-0.2, 0) is 0 Å². The molecule has 0 aromatic heterocycles. The molecule has 0 nitrogen and oxygen atoms in total. The standard InChI is InChI=1S/C10H8.C5H10.2C2H6/c1-2-6-10-8-4-3-7-9(10)5-1;1-4-5(2)3;2*1-2/h1-8H;2,4H2,1,3H3;2*1-2H3. The van der Waals surface area contributed by atoms with Crippen LogP contribution in [0.15, 0.2) is 60.7 Å². The van der Waals surface area contributed by atoms with E-state index in [0.29, 0.717) is 0 Å². The van der Waals surface area contributed by atoms with Gasteiger partial charge in [0.1, 0.15) is 0 Å². The average molecular weight is 258 g/mol. The molecule has 0 aliphatic heterocycles. The number of benzene rings is 2. The predicted molar refractivity (Wildman–Crippen MR) is 91.7 cm³/mol. The first-order valence-corrected chi connectivity index (χ1v) is 7.32. The summed E-state index contributed by atoms with van der Waals surface area (Å²) in [6.45, 7) is 15.8. The third-order valence-electron chi connectivity index (χ3n) is 2.26. The van der Waals surface area contributed by atoms with Crippen LogP contribution in [0.2, 0.25) is 0 Å². The van der Waals surface area contributed by atoms with Crippen LogP contribution in [0.5, 0.6) is 0 Å². The van der Waals surface area contributed by atoms with Gasteiger partial charge in [0.25, 0.3) is 0 Å². The molecule has 19 heavy (non-hydrogen) atoms. The Morgan fingerprint density at radius 2 is 1.00 bits per heavy atom. The lowest BCUT2D eigenvalue weighted by Gasteiger charge is -1.92. The van der Waals surface area contributed by atoms with Crippen molar-refractivity contribution in [2.75, 3.05) is 0 Å². The van der Waals surface area contributed by atoms with Crippen LogP contribution >= 0.6 is 0 Å². The molecule has 0 bridgehead atoms. The van der Waals surface area contributed by atoms with Crippen LogP contribution in [0.1, 0.15) is 48.0 Å². The minimum absolute atomic E-state index is 1.11. The summed E-state index contributed by atoms with van der Waals surface area (Å²) in [7, 11) is 0. The summed E-state index contributed by atoms with van der Waals surface area (Å²) in [6, 6.07) is 16.7. The minimum Gasteiger partial charge on any atom is -0.100 e. The minimum atomic E-state index is 1.11. The van der Waals surface area contributed by atoms with Gasteiger partial charge in [0.05, 0.1) is 0 Å². The number of hydrogen-bond donors (Lipinski definition) is 0. The van der Waals surface area contributed by atoms with Crippen LogP contribution in [0.3, 0.4) is 0 Å². The SMILES string of the molecule is C=C(C)CC.CC.CC.c1ccc2ccccc2c1. The van der Waals surface area contributed by atoms with Crippen molar-refractivity contribution in [3.05, 3.63) is 60.7 Å². The molecule has 0 aliphatic carbocycles. The van der Waals surface area contributed by atoms with Gasteiger partial charge in [0, 0.05) is 0 Å². The van der Waals surface area contributed by atoms with Crippen LogP contribution in [-0.4, -0.2) is 0 Å². The van der Waals surface area contributed by atoms with Gasteiger partial charge in [-0.05, 0) is 24.1 Å². The molecular formula is C19H30. The number of hydrogen-bond acceptors (Lipinski definition) is 0. The van der Waals surface area contributed by atoms with E-state index in [0.717, 1.165) is 6.42 Å². The van der Waals surface area contributed by atoms with Gasteiger partial charge >= 0.3 is 0 Å². The smallest absolute Gasteiger partial charge is 0.0184 e. The molecule has 2 aromatic carbocycles. The van der Waals surface area contributed by atoms with Crippen LogP contribution < -0.4 is 0 Å². The Hall–Kier alpha value is -1.56. The Bertz CT molecular complexity index is 361. The Balaban J connectivity index is 0. The van der Waals surface area contributed by atoms with Crippen molar-refractivity contribution in [1.29, 1.82) is 0 Å². The lowest BCUT2D eigenvalue weighted by Crippen LogP contribution is -1.67. The van der Waals surface area contributed by atoms with Gasteiger partial charge in [-0.2, -0.15) is 0 Å². The normalized spacial score (nSPS) is 7.89. The predicted octanol–water partition coefficient (Wildman–Crippen LogP) is 6.86. The van der Waals surface area contributed by atoms with E-state index in [4.69, 9.17) is 0 Å². The second-order valence-electron chi connectivity index (χ2n) is 3.66. The number of rotatable bonds is 1. The second-order valence-corrected chi connectivity index (χ2v) is 3.66. The molecule has 2 rings (SSSR count). The topological polar surface area (TPSA) is 0 Å². The van der Waals surface area contributed by atoms with Crippen molar-refractivity contribution in [2.24, 2.45) is 0 Å². The molecule has 0 saturated carbocycles. The zero-order chi connectivity index (χ0) is 15.1. The number of fused-ring (bicyclic) bond motifs is 1. The summed E-state index contributed by atoms with van der Waals surface area (Å²) < 4.78 is 0. The van der Waals surface area contributed by atoms with Crippen LogP contribution in [0, 0.1) is 0 Å². The largest absolute Gasteiger partial charge is 0.100 e. The Labute approximate surface area is 120 Å². The van der Waals surface area contributed by atoms with E-state index >= 15 is 0 Å². The van der Waals surface area contributed by atoms with Crippen molar-refractivity contribution in [3.63, 3.8) is 0 Å². The molecule has 106 valence electrons. The zero-order valence-corrected chi connectivity index (χ0v) is 13.5. The third-order valence-corrected chi connectivity index (χ3v) is 2.26. The Morgan fingerprint density at radius 3 is 1.16 bits per heavy atom. The quantitative estimate of drug-likeness (QED) is 0.490. The van der Waals surface area contributed by atoms with Gasteiger partial charge in [-0.15, -0.1) is 6.58 Å². The first kappa shape index (κ1) is 19.8. The summed E-state index contributed by atoms with van der Waals surface area (Å²) in [4.78, 5) is 0. The highest BCUT2D eigenvalue weighted by molar-refractivity contribution is 5.81. The highest BCUT2D eigenvalue weighted by Crippen LogP contribution is 2.11. The second kappa shape index (κ2) is 14.5. The van der Waals surface area contributed by atoms with E-state index in [9.17, 15) is 0 Å². The highest BCUT2D eigenvalue weighted by Gasteiger charge is 1.85. The molecule has 0 atom stereocenters. The van der Waals surface area contributed by atoms with E-state index in [-0.39, 0.29) is 0 Å². The highest BCUT2D eigenvalue weighted by atomic mass is 13.9. The summed E-state index contributed by atoms with van der Waals surface area (Å²) >= 11 is 0. The maximum absolute atomic E-state index is 3.67. The Kier molecular flexibility index (Phi) is 15.1. The molecular weight excluding hydrogens is 228 g/mol. The van der Waals surface area contributed by atoms with E-state index < -0.39 is 0 Å². The third kappa shape index (κ3) is 10.1. The lowest BCUT2D eigenvalue weighted by molar-refractivity contribution is 1.11. The number of allylic oxidation sites excluding steroid dienone is 1. The lowest BCUT2D eigenvalue weighted by atomic mass is 10.1. The van der Waals surface area contributed by atoms with Gasteiger partial charge in [0.15, 0.2) is 0 Å². The van der Waals surface area contributed by atoms with Crippen molar-refractivity contribution < 1.29 is 0 Å². The molecule has 0 heterocycles. The summed E-state index contributed by atoms with van der Waals surface area (Å²) in [5, 5.41) is 2.62. The molecule has 2 aromatic rings. The summed E-state index contributed by atoms with van der Waals surface area (Å²) in [6.07, 6.45) is 1.11. The molecule has 0 heteroatoms. The van der Waals surface area contributed by atoms with Gasteiger partial charge in [-0.3, -0.25) is 0 Å². The van der Waals surface area contributed by atoms with E-state index in [1.165, 1.54) is 16.3 Å². The fraction of sp³-hybridized carbons (Fsp3) is 0.368. The van der Waals surface area contributed by atoms with Crippen molar-refractivity contribution in [3.8, 4) is 0 Å². The molecule has 0 amide bonds. The molecule has 0 spiro atoms. The van der Waals surface area contributed by atoms with Crippen LogP contribution in [0.4, 0.5) is 0 Å². The summed E-state index contributed by atoms with van der Waals surface area (Å²) in [5.74, 6) is 0. The van der Waals surface area contributed by atoms with Gasteiger partial charge in [0.2, 0.25) is 0 Å². The Morgan fingerprint density at radius 1 is 0.789 bits per heavy atom. The molecule has 0 radical (unpaired) electrons. The summed E-state index contributed by atoms with van der Waals surface area (Å²) in [5.41, 5.74) is 1.25. The van der Waals surface area contributed by atoms with Crippen LogP contribution in [0.25, 0.3) is 10.8 Å². The molecule has 0 fully saturated rings. The van der Waals surface area contributed by atoms with Crippen molar-refractivity contribution in [2.45, 2.75) is 48.0 Å². The van der Waals surface area contributed by atoms with Crippen molar-refractivity contribution in [1.82, 2.24) is 0 Å². The maximum Gasteiger partial charge on any atom is -0.0184 e. The molecule has 0 unspecified atom stereocenters. The average Bonchev–Trinajstić information content (AvgIpc) is 2.52. The van der Waals surface area contributed by atoms with Gasteiger partial charge in [-0.25, -0.2) is 0 Å². The first-order chi connectivity index (χ1) is 9.24. The van der Waals surface area contributed by atoms with Crippen molar-refractivity contribution >= 4 is 10.8 Å². The molecule has 0 N–H and O–H groups in total. The zero-order valence-electron chi connectivity index (χ0n) is 13.5. The van der Waals surface area contributed by atoms with E-state index in [1.54, 1.807) is 0 Å². The van der Waals surface area contributed by atoms with Gasteiger partial charge in [-0.1, -0.05) is 88.7 Å². The fourth-order valence-corrected chi connectivity index (χ4v) is 1.13. The van der Waals surface area contributed by atoms with Gasteiger partial charge < -0.3 is 0 Å². The fourth-order valence-electron chi connectivity index (χ4n) is 1.13.